The number of ether oxygens (including phenoxy) is 1. The SMILES string of the molecule is COC(=O)c1nc(-c2cc(F)c(F)cc2F)no1. The minimum atomic E-state index is -1.34. The average molecular weight is 258 g/mol. The van der Waals surface area contributed by atoms with Crippen molar-refractivity contribution in [1.29, 1.82) is 0 Å². The van der Waals surface area contributed by atoms with E-state index in [0.717, 1.165) is 7.11 Å². The van der Waals surface area contributed by atoms with E-state index in [-0.39, 0.29) is 5.82 Å². The number of nitrogens with zero attached hydrogens (tertiary/aromatic N) is 2. The van der Waals surface area contributed by atoms with Gasteiger partial charge in [-0.15, -0.1) is 0 Å². The number of carbonyl (C=O) groups excluding carboxylic acids is 1. The van der Waals surface area contributed by atoms with Crippen LogP contribution in [0.15, 0.2) is 16.7 Å². The third-order valence-corrected chi connectivity index (χ3v) is 2.04. The predicted molar refractivity (Wildman–Crippen MR) is 50.9 cm³/mol. The van der Waals surface area contributed by atoms with Crippen molar-refractivity contribution in [1.82, 2.24) is 10.1 Å². The first-order valence-electron chi connectivity index (χ1n) is 4.60. The number of esters is 1. The second kappa shape index (κ2) is 4.47. The van der Waals surface area contributed by atoms with Crippen molar-refractivity contribution in [3.05, 3.63) is 35.5 Å². The lowest BCUT2D eigenvalue weighted by molar-refractivity contribution is 0.0545. The van der Waals surface area contributed by atoms with Crippen LogP contribution in [0.25, 0.3) is 11.4 Å². The van der Waals surface area contributed by atoms with Crippen LogP contribution < -0.4 is 0 Å². The average Bonchev–Trinajstić information content (AvgIpc) is 2.82. The van der Waals surface area contributed by atoms with Gasteiger partial charge in [-0.3, -0.25) is 0 Å². The maximum absolute atomic E-state index is 13.4. The molecule has 2 rings (SSSR count). The fourth-order valence-electron chi connectivity index (χ4n) is 1.20. The van der Waals surface area contributed by atoms with Gasteiger partial charge in [0, 0.05) is 6.07 Å². The van der Waals surface area contributed by atoms with Crippen LogP contribution in [0.2, 0.25) is 0 Å². The zero-order valence-electron chi connectivity index (χ0n) is 8.91. The highest BCUT2D eigenvalue weighted by atomic mass is 19.2. The van der Waals surface area contributed by atoms with Crippen LogP contribution in [0.3, 0.4) is 0 Å². The molecule has 0 aliphatic carbocycles. The number of hydrogen-bond donors (Lipinski definition) is 0. The Morgan fingerprint density at radius 1 is 1.22 bits per heavy atom. The van der Waals surface area contributed by atoms with Crippen LogP contribution >= 0.6 is 0 Å². The first-order valence-corrected chi connectivity index (χ1v) is 4.60. The summed E-state index contributed by atoms with van der Waals surface area (Å²) in [5, 5.41) is 3.27. The fraction of sp³-hybridized carbons (Fsp3) is 0.100. The predicted octanol–water partition coefficient (Wildman–Crippen LogP) is 1.94. The maximum atomic E-state index is 13.4. The second-order valence-corrected chi connectivity index (χ2v) is 3.16. The van der Waals surface area contributed by atoms with Crippen molar-refractivity contribution < 1.29 is 27.2 Å². The Balaban J connectivity index is 2.46. The van der Waals surface area contributed by atoms with Gasteiger partial charge in [-0.1, -0.05) is 5.16 Å². The van der Waals surface area contributed by atoms with Crippen molar-refractivity contribution in [3.8, 4) is 11.4 Å². The molecule has 94 valence electrons. The van der Waals surface area contributed by atoms with E-state index in [1.54, 1.807) is 0 Å². The molecule has 1 aromatic heterocycles. The van der Waals surface area contributed by atoms with E-state index in [1.165, 1.54) is 0 Å². The molecule has 1 aromatic carbocycles. The molecule has 0 amide bonds. The summed E-state index contributed by atoms with van der Waals surface area (Å²) >= 11 is 0. The fourth-order valence-corrected chi connectivity index (χ4v) is 1.20. The lowest BCUT2D eigenvalue weighted by Crippen LogP contribution is -2.01. The molecule has 0 aliphatic rings. The minimum Gasteiger partial charge on any atom is -0.462 e. The van der Waals surface area contributed by atoms with Gasteiger partial charge < -0.3 is 9.26 Å². The number of methoxy groups -OCH3 is 1. The van der Waals surface area contributed by atoms with Gasteiger partial charge in [0.25, 0.3) is 0 Å². The Morgan fingerprint density at radius 3 is 2.56 bits per heavy atom. The number of aromatic nitrogens is 2. The molecule has 0 unspecified atom stereocenters. The van der Waals surface area contributed by atoms with Gasteiger partial charge in [0.15, 0.2) is 11.6 Å². The summed E-state index contributed by atoms with van der Waals surface area (Å²) < 4.78 is 47.8. The molecule has 0 radical (unpaired) electrons. The molecule has 0 aliphatic heterocycles. The molecule has 0 N–H and O–H groups in total. The maximum Gasteiger partial charge on any atom is 0.397 e. The highest BCUT2D eigenvalue weighted by Crippen LogP contribution is 2.22. The van der Waals surface area contributed by atoms with Gasteiger partial charge in [-0.25, -0.2) is 18.0 Å². The van der Waals surface area contributed by atoms with Crippen LogP contribution in [0.4, 0.5) is 13.2 Å². The van der Waals surface area contributed by atoms with Crippen LogP contribution in [0, 0.1) is 17.5 Å². The lowest BCUT2D eigenvalue weighted by atomic mass is 10.2. The largest absolute Gasteiger partial charge is 0.462 e. The van der Waals surface area contributed by atoms with E-state index in [2.05, 4.69) is 19.4 Å². The smallest absolute Gasteiger partial charge is 0.397 e. The number of rotatable bonds is 2. The van der Waals surface area contributed by atoms with Crippen molar-refractivity contribution in [2.45, 2.75) is 0 Å². The Kier molecular flexibility index (Phi) is 3.00. The molecule has 0 fully saturated rings. The van der Waals surface area contributed by atoms with Crippen LogP contribution in [0.1, 0.15) is 10.7 Å². The van der Waals surface area contributed by atoms with Gasteiger partial charge in [-0.2, -0.15) is 4.98 Å². The third-order valence-electron chi connectivity index (χ3n) is 2.04. The first-order chi connectivity index (χ1) is 8.52. The monoisotopic (exact) mass is 258 g/mol. The number of halogens is 3. The summed E-state index contributed by atoms with van der Waals surface area (Å²) in [5.41, 5.74) is -0.423. The standard InChI is InChI=1S/C10H5F3N2O3/c1-17-10(16)9-14-8(15-18-9)4-2-6(12)7(13)3-5(4)11/h2-3H,1H3. The Bertz CT molecular complexity index is 612. The van der Waals surface area contributed by atoms with Crippen molar-refractivity contribution in [2.75, 3.05) is 7.11 Å². The number of hydrogen-bond acceptors (Lipinski definition) is 5. The van der Waals surface area contributed by atoms with Crippen LogP contribution in [0.5, 0.6) is 0 Å². The van der Waals surface area contributed by atoms with E-state index in [1.807, 2.05) is 0 Å². The second-order valence-electron chi connectivity index (χ2n) is 3.16. The quantitative estimate of drug-likeness (QED) is 0.608. The van der Waals surface area contributed by atoms with Gasteiger partial charge in [0.2, 0.25) is 5.82 Å². The Morgan fingerprint density at radius 2 is 1.89 bits per heavy atom. The van der Waals surface area contributed by atoms with Gasteiger partial charge in [0.05, 0.1) is 12.7 Å². The summed E-state index contributed by atoms with van der Waals surface area (Å²) in [6, 6.07) is 0.912. The van der Waals surface area contributed by atoms with E-state index in [0.29, 0.717) is 12.1 Å². The molecule has 5 nitrogen and oxygen atoms in total. The molecule has 1 heterocycles. The molecule has 0 spiro atoms. The number of benzene rings is 1. The molecule has 0 saturated heterocycles. The van der Waals surface area contributed by atoms with Gasteiger partial charge in [0.1, 0.15) is 5.82 Å². The summed E-state index contributed by atoms with van der Waals surface area (Å²) in [6.45, 7) is 0. The number of carbonyl (C=O) groups is 1. The van der Waals surface area contributed by atoms with Crippen LogP contribution in [-0.2, 0) is 4.74 Å². The lowest BCUT2D eigenvalue weighted by Gasteiger charge is -1.98. The molecule has 0 atom stereocenters. The van der Waals surface area contributed by atoms with Gasteiger partial charge in [-0.05, 0) is 6.07 Å². The Hall–Kier alpha value is -2.38. The van der Waals surface area contributed by atoms with Crippen LogP contribution in [-0.4, -0.2) is 23.2 Å². The molecule has 0 bridgehead atoms. The Labute approximate surface area is 98.2 Å². The minimum absolute atomic E-state index is 0.346. The summed E-state index contributed by atoms with van der Waals surface area (Å²) in [4.78, 5) is 14.5. The molecular formula is C10H5F3N2O3. The summed E-state index contributed by atoms with van der Waals surface area (Å²) in [7, 11) is 1.09. The zero-order valence-corrected chi connectivity index (χ0v) is 8.91. The molecule has 18 heavy (non-hydrogen) atoms. The highest BCUT2D eigenvalue weighted by molar-refractivity contribution is 5.84. The topological polar surface area (TPSA) is 65.2 Å². The molecule has 8 heteroatoms. The van der Waals surface area contributed by atoms with E-state index >= 15 is 0 Å². The van der Waals surface area contributed by atoms with Crippen molar-refractivity contribution in [3.63, 3.8) is 0 Å². The van der Waals surface area contributed by atoms with Gasteiger partial charge >= 0.3 is 11.9 Å². The summed E-state index contributed by atoms with van der Waals surface area (Å²) in [5.74, 6) is -5.50. The normalized spacial score (nSPS) is 10.4. The summed E-state index contributed by atoms with van der Waals surface area (Å²) in [6.07, 6.45) is 0. The highest BCUT2D eigenvalue weighted by Gasteiger charge is 2.20. The van der Waals surface area contributed by atoms with E-state index in [9.17, 15) is 18.0 Å². The van der Waals surface area contributed by atoms with E-state index in [4.69, 9.17) is 0 Å². The van der Waals surface area contributed by atoms with Crippen molar-refractivity contribution in [2.24, 2.45) is 0 Å². The first kappa shape index (κ1) is 12.1. The molecular weight excluding hydrogens is 253 g/mol. The van der Waals surface area contributed by atoms with E-state index < -0.39 is 34.9 Å². The molecule has 2 aromatic rings. The van der Waals surface area contributed by atoms with Crippen molar-refractivity contribution >= 4 is 5.97 Å². The molecule has 0 saturated carbocycles. The zero-order chi connectivity index (χ0) is 13.3. The third kappa shape index (κ3) is 2.04.